The molecule has 3 aromatic carbocycles. The maximum atomic E-state index is 13.8. The molecule has 8 heteroatoms. The number of anilines is 2. The van der Waals surface area contributed by atoms with Crippen molar-refractivity contribution in [2.75, 3.05) is 32.0 Å². The van der Waals surface area contributed by atoms with Crippen LogP contribution in [0, 0.1) is 0 Å². The van der Waals surface area contributed by atoms with Gasteiger partial charge in [-0.25, -0.2) is 0 Å². The van der Waals surface area contributed by atoms with Crippen molar-refractivity contribution in [3.63, 3.8) is 0 Å². The molecule has 1 aliphatic carbocycles. The van der Waals surface area contributed by atoms with Crippen molar-refractivity contribution in [2.45, 2.75) is 31.7 Å². The summed E-state index contributed by atoms with van der Waals surface area (Å²) in [5.41, 5.74) is 5.20. The van der Waals surface area contributed by atoms with E-state index >= 15 is 0 Å². The summed E-state index contributed by atoms with van der Waals surface area (Å²) in [5, 5.41) is 7.11. The molecule has 0 saturated heterocycles. The van der Waals surface area contributed by atoms with Gasteiger partial charge in [0.05, 0.1) is 38.7 Å². The molecule has 0 spiro atoms. The van der Waals surface area contributed by atoms with E-state index in [9.17, 15) is 9.59 Å². The fourth-order valence-electron chi connectivity index (χ4n) is 5.21. The van der Waals surface area contributed by atoms with Crippen LogP contribution in [0.3, 0.4) is 0 Å². The van der Waals surface area contributed by atoms with Gasteiger partial charge in [0.1, 0.15) is 5.75 Å². The van der Waals surface area contributed by atoms with Gasteiger partial charge in [0.15, 0.2) is 17.3 Å². The number of rotatable bonds is 6. The van der Waals surface area contributed by atoms with Crippen molar-refractivity contribution in [2.24, 2.45) is 0 Å². The molecular weight excluding hydrogens is 484 g/mol. The van der Waals surface area contributed by atoms with Crippen LogP contribution in [0.25, 0.3) is 0 Å². The standard InChI is InChI=1S/C30H30N2O6/c1-17(33)38-21-11-9-18(10-12-21)29-28-24(31-22-7-5-6-8-23(22)32-29)13-19(14-25(28)34)20-15-26(35-2)30(37-4)27(16-20)36-3/h5-12,15-16,19,29,31-32H,13-14H2,1-4H3/t19-,29+/m0/s1. The van der Waals surface area contributed by atoms with Crippen LogP contribution in [-0.4, -0.2) is 33.1 Å². The predicted molar refractivity (Wildman–Crippen MR) is 144 cm³/mol. The highest BCUT2D eigenvalue weighted by atomic mass is 16.5. The number of para-hydroxylation sites is 2. The van der Waals surface area contributed by atoms with E-state index in [-0.39, 0.29) is 23.7 Å². The number of Topliss-reactive ketones (excluding diaryl/α,β-unsaturated/α-hetero) is 1. The minimum atomic E-state index is -0.381. The average Bonchev–Trinajstić information content (AvgIpc) is 3.09. The smallest absolute Gasteiger partial charge is 0.308 e. The number of allylic oxidation sites excluding steroid dienone is 1. The summed E-state index contributed by atoms with van der Waals surface area (Å²) in [6.45, 7) is 1.37. The largest absolute Gasteiger partial charge is 0.493 e. The first-order valence-corrected chi connectivity index (χ1v) is 12.4. The normalized spacial score (nSPS) is 18.3. The fourth-order valence-corrected chi connectivity index (χ4v) is 5.21. The molecule has 0 saturated carbocycles. The molecule has 0 aromatic heterocycles. The Morgan fingerprint density at radius 2 is 1.50 bits per heavy atom. The Morgan fingerprint density at radius 1 is 0.842 bits per heavy atom. The van der Waals surface area contributed by atoms with E-state index < -0.39 is 0 Å². The van der Waals surface area contributed by atoms with Crippen LogP contribution >= 0.6 is 0 Å². The number of ether oxygens (including phenoxy) is 4. The lowest BCUT2D eigenvalue weighted by Crippen LogP contribution is -2.27. The summed E-state index contributed by atoms with van der Waals surface area (Å²) in [5.74, 6) is 1.67. The molecule has 0 radical (unpaired) electrons. The van der Waals surface area contributed by atoms with Crippen LogP contribution in [0.1, 0.15) is 42.9 Å². The Hall–Kier alpha value is -4.46. The SMILES string of the molecule is COc1cc([C@@H]2CC(=O)C3=C(C2)Nc2ccccc2N[C@@H]3c2ccc(OC(C)=O)cc2)cc(OC)c1OC. The van der Waals surface area contributed by atoms with Crippen molar-refractivity contribution in [3.05, 3.63) is 83.1 Å². The summed E-state index contributed by atoms with van der Waals surface area (Å²) in [4.78, 5) is 25.2. The summed E-state index contributed by atoms with van der Waals surface area (Å²) in [6, 6.07) is 18.6. The van der Waals surface area contributed by atoms with Crippen LogP contribution in [0.15, 0.2) is 71.9 Å². The van der Waals surface area contributed by atoms with Gasteiger partial charge in [-0.2, -0.15) is 0 Å². The molecule has 5 rings (SSSR count). The Kier molecular flexibility index (Phi) is 6.96. The molecule has 0 amide bonds. The number of nitrogens with one attached hydrogen (secondary N) is 2. The number of hydrogen-bond donors (Lipinski definition) is 2. The topological polar surface area (TPSA) is 95.1 Å². The molecule has 0 bridgehead atoms. The molecule has 38 heavy (non-hydrogen) atoms. The van der Waals surface area contributed by atoms with Gasteiger partial charge >= 0.3 is 5.97 Å². The number of ketones is 1. The first kappa shape index (κ1) is 25.2. The fraction of sp³-hybridized carbons (Fsp3) is 0.267. The van der Waals surface area contributed by atoms with Gasteiger partial charge in [0.2, 0.25) is 5.75 Å². The van der Waals surface area contributed by atoms with Crippen LogP contribution in [0.4, 0.5) is 11.4 Å². The molecule has 2 aliphatic rings. The van der Waals surface area contributed by atoms with Crippen molar-refractivity contribution in [1.82, 2.24) is 0 Å². The van der Waals surface area contributed by atoms with E-state index in [1.807, 2.05) is 48.5 Å². The van der Waals surface area contributed by atoms with Gasteiger partial charge < -0.3 is 29.6 Å². The Bertz CT molecular complexity index is 1390. The molecule has 0 fully saturated rings. The van der Waals surface area contributed by atoms with Gasteiger partial charge in [-0.15, -0.1) is 0 Å². The number of carbonyl (C=O) groups excluding carboxylic acids is 2. The van der Waals surface area contributed by atoms with E-state index in [2.05, 4.69) is 10.6 Å². The summed E-state index contributed by atoms with van der Waals surface area (Å²) < 4.78 is 21.8. The lowest BCUT2D eigenvalue weighted by molar-refractivity contribution is -0.131. The molecule has 196 valence electrons. The van der Waals surface area contributed by atoms with E-state index in [1.165, 1.54) is 6.92 Å². The van der Waals surface area contributed by atoms with Crippen LogP contribution < -0.4 is 29.6 Å². The summed E-state index contributed by atoms with van der Waals surface area (Å²) in [6.07, 6.45) is 0.955. The number of methoxy groups -OCH3 is 3. The summed E-state index contributed by atoms with van der Waals surface area (Å²) in [7, 11) is 4.74. The summed E-state index contributed by atoms with van der Waals surface area (Å²) >= 11 is 0. The van der Waals surface area contributed by atoms with Crippen LogP contribution in [-0.2, 0) is 9.59 Å². The average molecular weight is 515 g/mol. The Balaban J connectivity index is 1.56. The second-order valence-electron chi connectivity index (χ2n) is 9.29. The first-order chi connectivity index (χ1) is 18.4. The monoisotopic (exact) mass is 514 g/mol. The lowest BCUT2D eigenvalue weighted by Gasteiger charge is -2.30. The van der Waals surface area contributed by atoms with Gasteiger partial charge in [-0.05, 0) is 59.9 Å². The molecule has 3 aromatic rings. The number of fused-ring (bicyclic) bond motifs is 1. The van der Waals surface area contributed by atoms with Crippen molar-refractivity contribution in [1.29, 1.82) is 0 Å². The molecule has 0 unspecified atom stereocenters. The van der Waals surface area contributed by atoms with E-state index in [0.717, 1.165) is 28.2 Å². The van der Waals surface area contributed by atoms with Gasteiger partial charge in [0, 0.05) is 24.6 Å². The lowest BCUT2D eigenvalue weighted by atomic mass is 9.78. The van der Waals surface area contributed by atoms with E-state index in [0.29, 0.717) is 41.4 Å². The minimum absolute atomic E-state index is 0.0480. The molecule has 2 N–H and O–H groups in total. The number of hydrogen-bond acceptors (Lipinski definition) is 8. The van der Waals surface area contributed by atoms with Crippen molar-refractivity contribution in [3.8, 4) is 23.0 Å². The quantitative estimate of drug-likeness (QED) is 0.323. The number of benzene rings is 3. The van der Waals surface area contributed by atoms with Crippen molar-refractivity contribution >= 4 is 23.1 Å². The third-order valence-electron chi connectivity index (χ3n) is 6.94. The van der Waals surface area contributed by atoms with Gasteiger partial charge in [-0.3, -0.25) is 9.59 Å². The molecule has 8 nitrogen and oxygen atoms in total. The highest BCUT2D eigenvalue weighted by Gasteiger charge is 2.36. The third-order valence-corrected chi connectivity index (χ3v) is 6.94. The van der Waals surface area contributed by atoms with Crippen molar-refractivity contribution < 1.29 is 28.5 Å². The Labute approximate surface area is 221 Å². The van der Waals surface area contributed by atoms with Crippen LogP contribution in [0.2, 0.25) is 0 Å². The van der Waals surface area contributed by atoms with Crippen LogP contribution in [0.5, 0.6) is 23.0 Å². The number of esters is 1. The molecule has 1 heterocycles. The third kappa shape index (κ3) is 4.77. The molecular formula is C30H30N2O6. The zero-order valence-corrected chi connectivity index (χ0v) is 21.8. The van der Waals surface area contributed by atoms with E-state index in [4.69, 9.17) is 18.9 Å². The second kappa shape index (κ2) is 10.5. The predicted octanol–water partition coefficient (Wildman–Crippen LogP) is 5.62. The number of carbonyl (C=O) groups is 2. The molecule has 1 aliphatic heterocycles. The second-order valence-corrected chi connectivity index (χ2v) is 9.29. The zero-order valence-electron chi connectivity index (χ0n) is 21.8. The maximum absolute atomic E-state index is 13.8. The van der Waals surface area contributed by atoms with E-state index in [1.54, 1.807) is 33.5 Å². The first-order valence-electron chi connectivity index (χ1n) is 12.4. The highest BCUT2D eigenvalue weighted by molar-refractivity contribution is 6.01. The highest BCUT2D eigenvalue weighted by Crippen LogP contribution is 2.47. The minimum Gasteiger partial charge on any atom is -0.493 e. The van der Waals surface area contributed by atoms with Gasteiger partial charge in [0.25, 0.3) is 0 Å². The zero-order chi connectivity index (χ0) is 26.8. The maximum Gasteiger partial charge on any atom is 0.308 e. The Morgan fingerprint density at radius 3 is 2.11 bits per heavy atom. The van der Waals surface area contributed by atoms with Gasteiger partial charge in [-0.1, -0.05) is 24.3 Å². The molecule has 2 atom stereocenters.